The molecule has 0 amide bonds. The zero-order valence-electron chi connectivity index (χ0n) is 22.5. The van der Waals surface area contributed by atoms with Crippen LogP contribution in [-0.4, -0.2) is 42.4 Å². The van der Waals surface area contributed by atoms with E-state index >= 15 is 0 Å². The van der Waals surface area contributed by atoms with Crippen LogP contribution in [0.5, 0.6) is 0 Å². The molecule has 40 heavy (non-hydrogen) atoms. The molecule has 4 rings (SSSR count). The monoisotopic (exact) mass is 540 g/mol. The fourth-order valence-corrected chi connectivity index (χ4v) is 4.33. The minimum absolute atomic E-state index is 0.218. The Bertz CT molecular complexity index is 1220. The number of hydrogen-bond acceptors (Lipinski definition) is 6. The number of rotatable bonds is 17. The number of aliphatic hydroxyl groups excluding tert-OH is 1. The zero-order chi connectivity index (χ0) is 27.8. The van der Waals surface area contributed by atoms with Gasteiger partial charge in [0.2, 0.25) is 0 Å². The molecule has 0 bridgehead atoms. The van der Waals surface area contributed by atoms with Crippen LogP contribution < -0.4 is 0 Å². The minimum atomic E-state index is -0.973. The van der Waals surface area contributed by atoms with Crippen LogP contribution in [0.4, 0.5) is 0 Å². The molecule has 4 aromatic carbocycles. The van der Waals surface area contributed by atoms with Crippen LogP contribution in [0.2, 0.25) is 0 Å². The van der Waals surface area contributed by atoms with E-state index in [1.165, 1.54) is 0 Å². The quantitative estimate of drug-likeness (QED) is 0.178. The predicted octanol–water partition coefficient (Wildman–Crippen LogP) is 5.52. The van der Waals surface area contributed by atoms with E-state index in [0.29, 0.717) is 0 Å². The second-order valence-electron chi connectivity index (χ2n) is 9.44. The van der Waals surface area contributed by atoms with Crippen LogP contribution in [0.1, 0.15) is 22.3 Å². The molecule has 0 aromatic heterocycles. The number of carbonyl (C=O) groups excluding carboxylic acids is 1. The number of benzene rings is 4. The number of aliphatic hydroxyl groups is 1. The summed E-state index contributed by atoms with van der Waals surface area (Å²) in [4.78, 5) is 12.5. The van der Waals surface area contributed by atoms with Gasteiger partial charge in [-0.2, -0.15) is 0 Å². The van der Waals surface area contributed by atoms with Gasteiger partial charge in [-0.1, -0.05) is 121 Å². The number of hydrogen-bond donors (Lipinski definition) is 1. The van der Waals surface area contributed by atoms with Gasteiger partial charge in [-0.15, -0.1) is 0 Å². The smallest absolute Gasteiger partial charge is 0.151 e. The third-order valence-electron chi connectivity index (χ3n) is 6.49. The minimum Gasteiger partial charge on any atom is -0.394 e. The van der Waals surface area contributed by atoms with Crippen molar-refractivity contribution in [3.8, 4) is 0 Å². The first kappa shape index (κ1) is 29.3. The van der Waals surface area contributed by atoms with E-state index in [1.807, 2.05) is 121 Å². The first-order valence-corrected chi connectivity index (χ1v) is 13.4. The fraction of sp³-hybridized carbons (Fsp3) is 0.265. The van der Waals surface area contributed by atoms with E-state index < -0.39 is 24.4 Å². The average molecular weight is 541 g/mol. The molecule has 6 nitrogen and oxygen atoms in total. The van der Waals surface area contributed by atoms with Gasteiger partial charge in [0.25, 0.3) is 0 Å². The topological polar surface area (TPSA) is 74.2 Å². The van der Waals surface area contributed by atoms with Crippen LogP contribution in [0.25, 0.3) is 0 Å². The summed E-state index contributed by atoms with van der Waals surface area (Å²) in [6.45, 7) is 0.620. The third-order valence-corrected chi connectivity index (χ3v) is 6.49. The van der Waals surface area contributed by atoms with E-state index in [2.05, 4.69) is 0 Å². The molecule has 0 spiro atoms. The second kappa shape index (κ2) is 16.5. The lowest BCUT2D eigenvalue weighted by atomic mass is 10.0. The van der Waals surface area contributed by atoms with Crippen LogP contribution in [0.15, 0.2) is 121 Å². The van der Waals surface area contributed by atoms with Gasteiger partial charge >= 0.3 is 0 Å². The highest BCUT2D eigenvalue weighted by Gasteiger charge is 2.38. The lowest BCUT2D eigenvalue weighted by Gasteiger charge is -2.35. The Morgan fingerprint density at radius 2 is 0.850 bits per heavy atom. The summed E-state index contributed by atoms with van der Waals surface area (Å²) < 4.78 is 25.1. The van der Waals surface area contributed by atoms with Crippen molar-refractivity contribution in [2.75, 3.05) is 6.61 Å². The molecule has 4 aromatic rings. The Balaban J connectivity index is 1.60. The standard InChI is InChI=1S/C34H36O6/c35-21-31(37-23-27-13-5-1-6-14-27)33(39-25-29-17-9-3-10-18-29)34(40-26-30-19-11-4-12-20-30)32(22-36)38-24-28-15-7-2-8-16-28/h1-21,31-34,36H,22-26H2/t31-,32+,33+,34-/m1/s1. The maximum atomic E-state index is 12.5. The number of ether oxygens (including phenoxy) is 4. The van der Waals surface area contributed by atoms with Gasteiger partial charge in [0.05, 0.1) is 33.0 Å². The van der Waals surface area contributed by atoms with Gasteiger partial charge in [0, 0.05) is 0 Å². The molecule has 1 N–H and O–H groups in total. The van der Waals surface area contributed by atoms with Crippen molar-refractivity contribution in [3.63, 3.8) is 0 Å². The maximum absolute atomic E-state index is 12.5. The summed E-state index contributed by atoms with van der Waals surface area (Å²) in [5, 5.41) is 10.5. The summed E-state index contributed by atoms with van der Waals surface area (Å²) in [5.41, 5.74) is 3.77. The number of carbonyl (C=O) groups is 1. The van der Waals surface area contributed by atoms with Gasteiger partial charge in [0.1, 0.15) is 24.4 Å². The average Bonchev–Trinajstić information content (AvgIpc) is 3.02. The Kier molecular flexibility index (Phi) is 12.1. The first-order valence-electron chi connectivity index (χ1n) is 13.4. The van der Waals surface area contributed by atoms with Gasteiger partial charge in [-0.3, -0.25) is 0 Å². The molecular formula is C34H36O6. The first-order chi connectivity index (χ1) is 19.8. The molecule has 0 saturated carbocycles. The molecule has 208 valence electrons. The molecular weight excluding hydrogens is 504 g/mol. The SMILES string of the molecule is O=C[C@@H](OCc1ccccc1)[C@H](OCc1ccccc1)[C@H](OCc1ccccc1)[C@H](CO)OCc1ccccc1. The van der Waals surface area contributed by atoms with Gasteiger partial charge in [0.15, 0.2) is 6.29 Å². The molecule has 6 heteroatoms. The van der Waals surface area contributed by atoms with Gasteiger partial charge < -0.3 is 28.8 Å². The maximum Gasteiger partial charge on any atom is 0.151 e. The largest absolute Gasteiger partial charge is 0.394 e. The van der Waals surface area contributed by atoms with Crippen LogP contribution in [0.3, 0.4) is 0 Å². The molecule has 0 aliphatic heterocycles. The van der Waals surface area contributed by atoms with Crippen molar-refractivity contribution in [2.24, 2.45) is 0 Å². The van der Waals surface area contributed by atoms with Crippen molar-refractivity contribution in [1.82, 2.24) is 0 Å². The number of aldehydes is 1. The molecule has 4 atom stereocenters. The summed E-state index contributed by atoms with van der Waals surface area (Å²) in [5.74, 6) is 0. The van der Waals surface area contributed by atoms with Crippen molar-refractivity contribution < 1.29 is 28.8 Å². The Morgan fingerprint density at radius 1 is 0.500 bits per heavy atom. The van der Waals surface area contributed by atoms with Crippen LogP contribution in [-0.2, 0) is 50.2 Å². The highest BCUT2D eigenvalue weighted by molar-refractivity contribution is 5.57. The Labute approximate surface area is 236 Å². The van der Waals surface area contributed by atoms with E-state index in [9.17, 15) is 9.90 Å². The lowest BCUT2D eigenvalue weighted by Crippen LogP contribution is -2.51. The molecule has 0 saturated heterocycles. The van der Waals surface area contributed by atoms with Crippen LogP contribution >= 0.6 is 0 Å². The highest BCUT2D eigenvalue weighted by atomic mass is 16.6. The molecule has 0 aliphatic rings. The molecule has 0 radical (unpaired) electrons. The van der Waals surface area contributed by atoms with E-state index in [4.69, 9.17) is 18.9 Å². The van der Waals surface area contributed by atoms with E-state index in [1.54, 1.807) is 0 Å². The van der Waals surface area contributed by atoms with Crippen LogP contribution in [0, 0.1) is 0 Å². The highest BCUT2D eigenvalue weighted by Crippen LogP contribution is 2.22. The fourth-order valence-electron chi connectivity index (χ4n) is 4.33. The molecule has 0 unspecified atom stereocenters. The Hall–Kier alpha value is -3.65. The molecule has 0 aliphatic carbocycles. The van der Waals surface area contributed by atoms with E-state index in [0.717, 1.165) is 28.5 Å². The normalized spacial score (nSPS) is 14.2. The Morgan fingerprint density at radius 3 is 1.23 bits per heavy atom. The van der Waals surface area contributed by atoms with Crippen molar-refractivity contribution >= 4 is 6.29 Å². The summed E-state index contributed by atoms with van der Waals surface area (Å²) in [7, 11) is 0. The second-order valence-corrected chi connectivity index (χ2v) is 9.44. The summed E-state index contributed by atoms with van der Waals surface area (Å²) in [6, 6.07) is 38.8. The van der Waals surface area contributed by atoms with Gasteiger partial charge in [-0.25, -0.2) is 0 Å². The van der Waals surface area contributed by atoms with Crippen molar-refractivity contribution in [3.05, 3.63) is 144 Å². The summed E-state index contributed by atoms with van der Waals surface area (Å²) in [6.07, 6.45) is -2.70. The van der Waals surface area contributed by atoms with E-state index in [-0.39, 0.29) is 33.0 Å². The van der Waals surface area contributed by atoms with Crippen molar-refractivity contribution in [1.29, 1.82) is 0 Å². The summed E-state index contributed by atoms with van der Waals surface area (Å²) >= 11 is 0. The predicted molar refractivity (Wildman–Crippen MR) is 153 cm³/mol. The zero-order valence-corrected chi connectivity index (χ0v) is 22.5. The van der Waals surface area contributed by atoms with Crippen molar-refractivity contribution in [2.45, 2.75) is 50.8 Å². The lowest BCUT2D eigenvalue weighted by molar-refractivity contribution is -0.194. The third kappa shape index (κ3) is 9.23. The molecule has 0 fully saturated rings. The van der Waals surface area contributed by atoms with Gasteiger partial charge in [-0.05, 0) is 22.3 Å². The molecule has 0 heterocycles.